The molecular formula is C17H16BrN3O. The Morgan fingerprint density at radius 1 is 1.23 bits per heavy atom. The average molecular weight is 358 g/mol. The molecule has 22 heavy (non-hydrogen) atoms. The summed E-state index contributed by atoms with van der Waals surface area (Å²) in [6.07, 6.45) is 2.22. The highest BCUT2D eigenvalue weighted by Gasteiger charge is 2.06. The van der Waals surface area contributed by atoms with Gasteiger partial charge in [0.2, 0.25) is 5.91 Å². The fourth-order valence-electron chi connectivity index (χ4n) is 2.32. The van der Waals surface area contributed by atoms with Crippen LogP contribution in [-0.4, -0.2) is 15.7 Å². The van der Waals surface area contributed by atoms with Crippen LogP contribution in [0, 0.1) is 6.92 Å². The second-order valence-corrected chi connectivity index (χ2v) is 6.15. The number of carbonyl (C=O) groups is 1. The number of aromatic nitrogens is 2. The van der Waals surface area contributed by atoms with E-state index in [1.54, 1.807) is 0 Å². The smallest absolute Gasteiger partial charge is 0.226 e. The molecule has 112 valence electrons. The van der Waals surface area contributed by atoms with Crippen LogP contribution in [0.25, 0.3) is 10.9 Å². The molecule has 3 aromatic rings. The van der Waals surface area contributed by atoms with Gasteiger partial charge in [0.25, 0.3) is 0 Å². The van der Waals surface area contributed by atoms with Crippen LogP contribution in [0.15, 0.2) is 53.1 Å². The molecule has 2 aromatic carbocycles. The fourth-order valence-corrected chi connectivity index (χ4v) is 2.59. The number of fused-ring (bicyclic) bond motifs is 1. The lowest BCUT2D eigenvalue weighted by molar-refractivity contribution is -0.116. The number of halogens is 1. The lowest BCUT2D eigenvalue weighted by Gasteiger charge is -2.06. The zero-order valence-corrected chi connectivity index (χ0v) is 13.8. The van der Waals surface area contributed by atoms with Gasteiger partial charge in [0.15, 0.2) is 0 Å². The van der Waals surface area contributed by atoms with Gasteiger partial charge >= 0.3 is 0 Å². The van der Waals surface area contributed by atoms with Gasteiger partial charge in [-0.15, -0.1) is 0 Å². The van der Waals surface area contributed by atoms with E-state index in [1.165, 1.54) is 5.56 Å². The minimum Gasteiger partial charge on any atom is -0.326 e. The van der Waals surface area contributed by atoms with Crippen molar-refractivity contribution in [3.05, 3.63) is 58.7 Å². The highest BCUT2D eigenvalue weighted by atomic mass is 79.9. The van der Waals surface area contributed by atoms with Crippen molar-refractivity contribution >= 4 is 38.4 Å². The standard InChI is InChI=1S/C17H16BrN3O/c1-12-2-3-13-11-19-21(16(13)10-12)9-8-17(22)20-15-6-4-14(18)5-7-15/h2-7,10-11H,8-9H2,1H3,(H,20,22). The number of anilines is 1. The zero-order valence-electron chi connectivity index (χ0n) is 12.2. The molecular weight excluding hydrogens is 342 g/mol. The predicted molar refractivity (Wildman–Crippen MR) is 91.9 cm³/mol. The Morgan fingerprint density at radius 3 is 2.77 bits per heavy atom. The Kier molecular flexibility index (Phi) is 4.24. The Labute approximate surface area is 137 Å². The van der Waals surface area contributed by atoms with Gasteiger partial charge < -0.3 is 5.32 Å². The molecule has 0 unspecified atom stereocenters. The summed E-state index contributed by atoms with van der Waals surface area (Å²) in [5, 5.41) is 8.34. The first-order valence-electron chi connectivity index (χ1n) is 7.09. The highest BCUT2D eigenvalue weighted by Crippen LogP contribution is 2.17. The maximum absolute atomic E-state index is 12.0. The SMILES string of the molecule is Cc1ccc2cnn(CCC(=O)Nc3ccc(Br)cc3)c2c1. The number of benzene rings is 2. The van der Waals surface area contributed by atoms with Gasteiger partial charge in [0.1, 0.15) is 0 Å². The summed E-state index contributed by atoms with van der Waals surface area (Å²) >= 11 is 3.37. The minimum atomic E-state index is -0.0152. The molecule has 0 spiro atoms. The molecule has 0 saturated carbocycles. The summed E-state index contributed by atoms with van der Waals surface area (Å²) in [6, 6.07) is 13.8. The number of nitrogens with one attached hydrogen (secondary N) is 1. The number of rotatable bonds is 4. The third-order valence-corrected chi connectivity index (χ3v) is 4.01. The van der Waals surface area contributed by atoms with E-state index in [9.17, 15) is 4.79 Å². The molecule has 0 radical (unpaired) electrons. The second kappa shape index (κ2) is 6.32. The van der Waals surface area contributed by atoms with Crippen molar-refractivity contribution in [2.45, 2.75) is 19.9 Å². The Morgan fingerprint density at radius 2 is 2.00 bits per heavy atom. The molecule has 1 aromatic heterocycles. The maximum Gasteiger partial charge on any atom is 0.226 e. The molecule has 1 N–H and O–H groups in total. The van der Waals surface area contributed by atoms with E-state index in [0.29, 0.717) is 13.0 Å². The monoisotopic (exact) mass is 357 g/mol. The quantitative estimate of drug-likeness (QED) is 0.762. The van der Waals surface area contributed by atoms with Gasteiger partial charge in [-0.3, -0.25) is 9.48 Å². The van der Waals surface area contributed by atoms with Crippen molar-refractivity contribution in [3.8, 4) is 0 Å². The van der Waals surface area contributed by atoms with Crippen molar-refractivity contribution in [1.82, 2.24) is 9.78 Å². The molecule has 0 atom stereocenters. The van der Waals surface area contributed by atoms with Crippen molar-refractivity contribution < 1.29 is 4.79 Å². The number of nitrogens with zero attached hydrogens (tertiary/aromatic N) is 2. The van der Waals surface area contributed by atoms with E-state index >= 15 is 0 Å². The predicted octanol–water partition coefficient (Wildman–Crippen LogP) is 4.14. The summed E-state index contributed by atoms with van der Waals surface area (Å²) in [4.78, 5) is 12.0. The van der Waals surface area contributed by atoms with Gasteiger partial charge in [-0.05, 0) is 42.8 Å². The van der Waals surface area contributed by atoms with E-state index in [1.807, 2.05) is 35.1 Å². The van der Waals surface area contributed by atoms with Gasteiger partial charge in [-0.25, -0.2) is 0 Å². The van der Waals surface area contributed by atoms with Crippen molar-refractivity contribution in [1.29, 1.82) is 0 Å². The van der Waals surface area contributed by atoms with Gasteiger partial charge in [0.05, 0.1) is 18.3 Å². The molecule has 3 rings (SSSR count). The third kappa shape index (κ3) is 3.36. The number of aryl methyl sites for hydroxylation is 2. The number of hydrogen-bond acceptors (Lipinski definition) is 2. The molecule has 5 heteroatoms. The number of amides is 1. The number of hydrogen-bond donors (Lipinski definition) is 1. The maximum atomic E-state index is 12.0. The van der Waals surface area contributed by atoms with Gasteiger partial charge in [0, 0.05) is 22.0 Å². The van der Waals surface area contributed by atoms with Crippen LogP contribution in [0.3, 0.4) is 0 Å². The van der Waals surface area contributed by atoms with Crippen LogP contribution >= 0.6 is 15.9 Å². The molecule has 4 nitrogen and oxygen atoms in total. The van der Waals surface area contributed by atoms with Crippen molar-refractivity contribution in [3.63, 3.8) is 0 Å². The highest BCUT2D eigenvalue weighted by molar-refractivity contribution is 9.10. The lowest BCUT2D eigenvalue weighted by Crippen LogP contribution is -2.14. The second-order valence-electron chi connectivity index (χ2n) is 5.24. The summed E-state index contributed by atoms with van der Waals surface area (Å²) in [6.45, 7) is 2.62. The topological polar surface area (TPSA) is 46.9 Å². The van der Waals surface area contributed by atoms with Crippen LogP contribution < -0.4 is 5.32 Å². The van der Waals surface area contributed by atoms with Crippen molar-refractivity contribution in [2.24, 2.45) is 0 Å². The van der Waals surface area contributed by atoms with Crippen LogP contribution in [0.1, 0.15) is 12.0 Å². The summed E-state index contributed by atoms with van der Waals surface area (Å²) in [5.41, 5.74) is 3.05. The van der Waals surface area contributed by atoms with Gasteiger partial charge in [-0.2, -0.15) is 5.10 Å². The van der Waals surface area contributed by atoms with Crippen LogP contribution in [0.4, 0.5) is 5.69 Å². The van der Waals surface area contributed by atoms with E-state index in [4.69, 9.17) is 0 Å². The first-order chi connectivity index (χ1) is 10.6. The van der Waals surface area contributed by atoms with E-state index < -0.39 is 0 Å². The van der Waals surface area contributed by atoms with Crippen LogP contribution in [-0.2, 0) is 11.3 Å². The normalized spacial score (nSPS) is 10.8. The Bertz CT molecular complexity index is 808. The molecule has 0 aliphatic carbocycles. The van der Waals surface area contributed by atoms with Gasteiger partial charge in [-0.1, -0.05) is 28.1 Å². The number of carbonyl (C=O) groups excluding carboxylic acids is 1. The third-order valence-electron chi connectivity index (χ3n) is 3.48. The lowest BCUT2D eigenvalue weighted by atomic mass is 10.2. The summed E-state index contributed by atoms with van der Waals surface area (Å²) in [7, 11) is 0. The summed E-state index contributed by atoms with van der Waals surface area (Å²) in [5.74, 6) is -0.0152. The fraction of sp³-hybridized carbons (Fsp3) is 0.176. The molecule has 0 bridgehead atoms. The molecule has 1 amide bonds. The Balaban J connectivity index is 1.64. The van der Waals surface area contributed by atoms with Crippen LogP contribution in [0.5, 0.6) is 0 Å². The zero-order chi connectivity index (χ0) is 15.5. The summed E-state index contributed by atoms with van der Waals surface area (Å²) < 4.78 is 2.87. The van der Waals surface area contributed by atoms with E-state index in [-0.39, 0.29) is 5.91 Å². The molecule has 0 saturated heterocycles. The van der Waals surface area contributed by atoms with Crippen molar-refractivity contribution in [2.75, 3.05) is 5.32 Å². The average Bonchev–Trinajstić information content (AvgIpc) is 2.90. The van der Waals surface area contributed by atoms with E-state index in [2.05, 4.69) is 51.5 Å². The molecule has 1 heterocycles. The molecule has 0 fully saturated rings. The van der Waals surface area contributed by atoms with E-state index in [0.717, 1.165) is 21.1 Å². The first kappa shape index (κ1) is 14.8. The molecule has 0 aliphatic heterocycles. The van der Waals surface area contributed by atoms with Crippen LogP contribution in [0.2, 0.25) is 0 Å². The Hall–Kier alpha value is -2.14. The minimum absolute atomic E-state index is 0.0152. The largest absolute Gasteiger partial charge is 0.326 e. The first-order valence-corrected chi connectivity index (χ1v) is 7.89. The molecule has 0 aliphatic rings.